The van der Waals surface area contributed by atoms with Gasteiger partial charge in [0.1, 0.15) is 13.2 Å². The lowest BCUT2D eigenvalue weighted by Crippen LogP contribution is -2.30. The van der Waals surface area contributed by atoms with Gasteiger partial charge in [-0.05, 0) is 96.3 Å². The highest BCUT2D eigenvalue weighted by Crippen LogP contribution is 2.18. The number of carbonyl (C=O) groups excluding carboxylic acids is 3. The average molecular weight is 1140 g/mol. The minimum absolute atomic E-state index is 0.0805. The largest absolute Gasteiger partial charge is 0.462 e. The van der Waals surface area contributed by atoms with Crippen LogP contribution in [0.25, 0.3) is 0 Å². The van der Waals surface area contributed by atoms with Gasteiger partial charge in [0.15, 0.2) is 6.10 Å². The van der Waals surface area contributed by atoms with Gasteiger partial charge in [-0.25, -0.2) is 0 Å². The molecule has 0 aliphatic rings. The lowest BCUT2D eigenvalue weighted by Gasteiger charge is -2.18. The number of unbranched alkanes of at least 4 members (excludes halogenated alkanes) is 40. The average Bonchev–Trinajstić information content (AvgIpc) is 3.48. The summed E-state index contributed by atoms with van der Waals surface area (Å²) in [4.78, 5) is 38.5. The molecule has 0 aromatic heterocycles. The van der Waals surface area contributed by atoms with Gasteiger partial charge in [0.2, 0.25) is 0 Å². The van der Waals surface area contributed by atoms with Gasteiger partial charge < -0.3 is 14.2 Å². The summed E-state index contributed by atoms with van der Waals surface area (Å²) >= 11 is 0. The zero-order valence-electron chi connectivity index (χ0n) is 54.5. The Morgan fingerprint density at radius 3 is 0.744 bits per heavy atom. The molecule has 0 bridgehead atoms. The standard InChI is InChI=1S/C76H134O6/c1-4-7-10-13-16-19-22-25-28-31-33-35-36-37-38-39-40-42-43-45-48-51-54-57-60-63-66-69-75(78)81-72-73(71-80-74(77)68-65-62-59-56-53-50-47-30-27-24-21-18-15-12-9-6-3)82-76(79)70-67-64-61-58-55-52-49-46-44-41-34-32-29-26-23-20-17-14-11-8-5-2/h8,11,17,20,22,25-26,29,31,33-34,41,46,49,73H,4-7,9-10,12-16,18-19,21,23-24,27-28,30,32,35-40,42-45,47-48,50-72H2,1-3H3/b11-8-,20-17-,25-22-,29-26-,33-31-,41-34-,49-46-. The van der Waals surface area contributed by atoms with Crippen molar-refractivity contribution in [2.75, 3.05) is 13.2 Å². The molecule has 0 aliphatic carbocycles. The molecule has 0 radical (unpaired) electrons. The maximum absolute atomic E-state index is 13.0. The summed E-state index contributed by atoms with van der Waals surface area (Å²) in [5.41, 5.74) is 0. The van der Waals surface area contributed by atoms with Crippen LogP contribution in [0.3, 0.4) is 0 Å². The fraction of sp³-hybridized carbons (Fsp3) is 0.776. The summed E-state index contributed by atoms with van der Waals surface area (Å²) in [7, 11) is 0. The van der Waals surface area contributed by atoms with Gasteiger partial charge in [-0.15, -0.1) is 0 Å². The van der Waals surface area contributed by atoms with E-state index in [9.17, 15) is 14.4 Å². The van der Waals surface area contributed by atoms with E-state index in [1.807, 2.05) is 0 Å². The van der Waals surface area contributed by atoms with Crippen molar-refractivity contribution in [2.24, 2.45) is 0 Å². The minimum atomic E-state index is -0.787. The molecule has 0 rings (SSSR count). The molecule has 0 heterocycles. The molecule has 0 spiro atoms. The Labute approximate surface area is 509 Å². The summed E-state index contributed by atoms with van der Waals surface area (Å²) in [6.45, 7) is 6.56. The Morgan fingerprint density at radius 1 is 0.256 bits per heavy atom. The molecule has 0 saturated heterocycles. The number of allylic oxidation sites excluding steroid dienone is 14. The van der Waals surface area contributed by atoms with E-state index in [0.29, 0.717) is 19.3 Å². The second-order valence-corrected chi connectivity index (χ2v) is 23.8. The summed E-state index contributed by atoms with van der Waals surface area (Å²) in [5.74, 6) is -0.879. The van der Waals surface area contributed by atoms with Gasteiger partial charge in [-0.3, -0.25) is 14.4 Å². The molecule has 0 saturated carbocycles. The van der Waals surface area contributed by atoms with Crippen LogP contribution in [0.1, 0.15) is 361 Å². The molecule has 82 heavy (non-hydrogen) atoms. The maximum Gasteiger partial charge on any atom is 0.306 e. The summed E-state index contributed by atoms with van der Waals surface area (Å²) < 4.78 is 17.0. The Morgan fingerprint density at radius 2 is 0.476 bits per heavy atom. The van der Waals surface area contributed by atoms with E-state index in [2.05, 4.69) is 106 Å². The second kappa shape index (κ2) is 70.1. The maximum atomic E-state index is 13.0. The number of hydrogen-bond donors (Lipinski definition) is 0. The lowest BCUT2D eigenvalue weighted by molar-refractivity contribution is -0.167. The molecule has 0 aliphatic heterocycles. The first-order chi connectivity index (χ1) is 40.5. The highest BCUT2D eigenvalue weighted by Gasteiger charge is 2.19. The fourth-order valence-corrected chi connectivity index (χ4v) is 10.3. The molecule has 0 aromatic carbocycles. The zero-order chi connectivity index (χ0) is 59.2. The Bertz CT molecular complexity index is 1550. The highest BCUT2D eigenvalue weighted by molar-refractivity contribution is 5.71. The van der Waals surface area contributed by atoms with Crippen LogP contribution in [-0.2, 0) is 28.6 Å². The Hall–Kier alpha value is -3.41. The van der Waals surface area contributed by atoms with Gasteiger partial charge in [0.25, 0.3) is 0 Å². The SMILES string of the molecule is CC/C=C\C/C=C\C/C=C\C/C=C\C/C=C\CCCCCCCC(=O)OC(COC(=O)CCCCCCCCCCCCCCCCCC)COC(=O)CCCCCCCCCCCCCCCCC/C=C\C/C=C\CCCCCCC. The molecule has 0 aromatic rings. The van der Waals surface area contributed by atoms with Crippen LogP contribution in [0, 0.1) is 0 Å². The summed E-state index contributed by atoms with van der Waals surface area (Å²) in [5, 5.41) is 0. The first kappa shape index (κ1) is 78.6. The quantitative estimate of drug-likeness (QED) is 0.0261. The monoisotopic (exact) mass is 1140 g/mol. The Kier molecular flexibility index (Phi) is 67.2. The summed E-state index contributed by atoms with van der Waals surface area (Å²) in [6.07, 6.45) is 93.2. The summed E-state index contributed by atoms with van der Waals surface area (Å²) in [6, 6.07) is 0. The van der Waals surface area contributed by atoms with Gasteiger partial charge in [-0.1, -0.05) is 331 Å². The number of ether oxygens (including phenoxy) is 3. The molecule has 6 heteroatoms. The smallest absolute Gasteiger partial charge is 0.306 e. The van der Waals surface area contributed by atoms with Crippen LogP contribution in [0.2, 0.25) is 0 Å². The van der Waals surface area contributed by atoms with Crippen molar-refractivity contribution in [1.29, 1.82) is 0 Å². The zero-order valence-corrected chi connectivity index (χ0v) is 54.5. The van der Waals surface area contributed by atoms with Crippen LogP contribution >= 0.6 is 0 Å². The van der Waals surface area contributed by atoms with Crippen molar-refractivity contribution >= 4 is 17.9 Å². The molecule has 1 unspecified atom stereocenters. The molecule has 6 nitrogen and oxygen atoms in total. The van der Waals surface area contributed by atoms with Gasteiger partial charge >= 0.3 is 17.9 Å². The molecule has 474 valence electrons. The van der Waals surface area contributed by atoms with E-state index in [0.717, 1.165) is 116 Å². The van der Waals surface area contributed by atoms with E-state index in [1.54, 1.807) is 0 Å². The van der Waals surface area contributed by atoms with E-state index >= 15 is 0 Å². The number of hydrogen-bond acceptors (Lipinski definition) is 6. The third-order valence-electron chi connectivity index (χ3n) is 15.6. The third-order valence-corrected chi connectivity index (χ3v) is 15.6. The second-order valence-electron chi connectivity index (χ2n) is 23.8. The van der Waals surface area contributed by atoms with E-state index in [1.165, 1.54) is 205 Å². The molecular formula is C76H134O6. The molecular weight excluding hydrogens is 1010 g/mol. The first-order valence-electron chi connectivity index (χ1n) is 35.6. The van der Waals surface area contributed by atoms with Crippen molar-refractivity contribution < 1.29 is 28.6 Å². The fourth-order valence-electron chi connectivity index (χ4n) is 10.3. The first-order valence-corrected chi connectivity index (χ1v) is 35.6. The van der Waals surface area contributed by atoms with Crippen LogP contribution in [-0.4, -0.2) is 37.2 Å². The Balaban J connectivity index is 4.33. The number of esters is 3. The van der Waals surface area contributed by atoms with Crippen molar-refractivity contribution in [3.05, 3.63) is 85.1 Å². The van der Waals surface area contributed by atoms with Crippen molar-refractivity contribution in [2.45, 2.75) is 367 Å². The van der Waals surface area contributed by atoms with Crippen LogP contribution in [0.5, 0.6) is 0 Å². The van der Waals surface area contributed by atoms with E-state index < -0.39 is 6.10 Å². The topological polar surface area (TPSA) is 78.9 Å². The predicted octanol–water partition coefficient (Wildman–Crippen LogP) is 24.6. The predicted molar refractivity (Wildman–Crippen MR) is 358 cm³/mol. The van der Waals surface area contributed by atoms with Crippen molar-refractivity contribution in [3.8, 4) is 0 Å². The third kappa shape index (κ3) is 67.4. The van der Waals surface area contributed by atoms with Gasteiger partial charge in [-0.2, -0.15) is 0 Å². The minimum Gasteiger partial charge on any atom is -0.462 e. The van der Waals surface area contributed by atoms with E-state index in [4.69, 9.17) is 14.2 Å². The van der Waals surface area contributed by atoms with Crippen LogP contribution in [0.15, 0.2) is 85.1 Å². The number of carbonyl (C=O) groups is 3. The molecule has 0 fully saturated rings. The molecule has 1 atom stereocenters. The van der Waals surface area contributed by atoms with Crippen molar-refractivity contribution in [1.82, 2.24) is 0 Å². The molecule has 0 N–H and O–H groups in total. The normalized spacial score (nSPS) is 12.6. The van der Waals surface area contributed by atoms with E-state index in [-0.39, 0.29) is 31.1 Å². The van der Waals surface area contributed by atoms with Gasteiger partial charge in [0.05, 0.1) is 0 Å². The number of rotatable bonds is 65. The van der Waals surface area contributed by atoms with Gasteiger partial charge in [0, 0.05) is 19.3 Å². The molecule has 0 amide bonds. The lowest BCUT2D eigenvalue weighted by atomic mass is 10.0. The highest BCUT2D eigenvalue weighted by atomic mass is 16.6. The van der Waals surface area contributed by atoms with Crippen LogP contribution in [0.4, 0.5) is 0 Å². The van der Waals surface area contributed by atoms with Crippen LogP contribution < -0.4 is 0 Å². The van der Waals surface area contributed by atoms with Crippen molar-refractivity contribution in [3.63, 3.8) is 0 Å².